The van der Waals surface area contributed by atoms with E-state index in [1.54, 1.807) is 0 Å². The number of hydrogen-bond acceptors (Lipinski definition) is 6. The molecular weight excluding hydrogens is 262 g/mol. The number of aromatic nitrogens is 5. The number of halogens is 1. The third kappa shape index (κ3) is 1.64. The monoisotopic (exact) mass is 265 g/mol. The first-order chi connectivity index (χ1) is 7.22. The average Bonchev–Trinajstić information content (AvgIpc) is 2.57. The van der Waals surface area contributed by atoms with E-state index in [0.29, 0.717) is 10.3 Å². The molecule has 2 aromatic rings. The molecule has 2 aromatic heterocycles. The van der Waals surface area contributed by atoms with Gasteiger partial charge in [-0.1, -0.05) is 0 Å². The maximum absolute atomic E-state index is 8.85. The van der Waals surface area contributed by atoms with Crippen LogP contribution in [0.3, 0.4) is 0 Å². The van der Waals surface area contributed by atoms with Gasteiger partial charge in [-0.3, -0.25) is 0 Å². The van der Waals surface area contributed by atoms with E-state index in [1.165, 1.54) is 16.9 Å². The van der Waals surface area contributed by atoms with Crippen LogP contribution in [0.1, 0.15) is 5.56 Å². The highest BCUT2D eigenvalue weighted by molar-refractivity contribution is 9.10. The first-order valence-electron chi connectivity index (χ1n) is 3.82. The Morgan fingerprint density at radius 2 is 2.33 bits per heavy atom. The lowest BCUT2D eigenvalue weighted by Gasteiger charge is -2.00. The quantitative estimate of drug-likeness (QED) is 0.794. The van der Waals surface area contributed by atoms with Crippen LogP contribution in [-0.2, 0) is 0 Å². The van der Waals surface area contributed by atoms with Gasteiger partial charge >= 0.3 is 0 Å². The van der Waals surface area contributed by atoms with E-state index in [9.17, 15) is 0 Å². The van der Waals surface area contributed by atoms with E-state index in [0.717, 1.165) is 0 Å². The predicted molar refractivity (Wildman–Crippen MR) is 53.8 cm³/mol. The lowest BCUT2D eigenvalue weighted by molar-refractivity contribution is 0.794. The normalized spacial score (nSPS) is 9.87. The van der Waals surface area contributed by atoms with E-state index in [1.807, 2.05) is 6.07 Å². The second-order valence-electron chi connectivity index (χ2n) is 2.53. The molecule has 15 heavy (non-hydrogen) atoms. The number of rotatable bonds is 1. The number of anilines is 1. The van der Waals surface area contributed by atoms with E-state index in [4.69, 9.17) is 11.0 Å². The highest BCUT2D eigenvalue weighted by Crippen LogP contribution is 2.15. The number of nitrogen functional groups attached to an aromatic ring is 1. The van der Waals surface area contributed by atoms with Gasteiger partial charge in [-0.15, -0.1) is 10.2 Å². The van der Waals surface area contributed by atoms with Gasteiger partial charge in [0.25, 0.3) is 0 Å². The molecule has 0 amide bonds. The molecule has 0 saturated carbocycles. The van der Waals surface area contributed by atoms with Crippen LogP contribution in [-0.4, -0.2) is 25.0 Å². The highest BCUT2D eigenvalue weighted by Gasteiger charge is 2.12. The summed E-state index contributed by atoms with van der Waals surface area (Å²) in [5, 5.41) is 20.2. The Morgan fingerprint density at radius 3 is 2.93 bits per heavy atom. The SMILES string of the molecule is N#Cc1ccnnc1-n1nc(N)nc1Br. The summed E-state index contributed by atoms with van der Waals surface area (Å²) in [6.45, 7) is 0. The van der Waals surface area contributed by atoms with Crippen LogP contribution in [0.2, 0.25) is 0 Å². The van der Waals surface area contributed by atoms with E-state index in [2.05, 4.69) is 36.2 Å². The maximum atomic E-state index is 8.85. The van der Waals surface area contributed by atoms with Crippen LogP contribution in [0.5, 0.6) is 0 Å². The standard InChI is InChI=1S/C7H4BrN7/c8-6-12-7(10)14-15(6)5-4(3-9)1-2-11-13-5/h1-2H,(H2,10,14). The van der Waals surface area contributed by atoms with E-state index < -0.39 is 0 Å². The summed E-state index contributed by atoms with van der Waals surface area (Å²) in [5.74, 6) is 0.382. The molecule has 74 valence electrons. The van der Waals surface area contributed by atoms with Gasteiger partial charge in [-0.2, -0.15) is 20.0 Å². The molecule has 0 spiro atoms. The van der Waals surface area contributed by atoms with Crippen molar-refractivity contribution in [2.45, 2.75) is 0 Å². The maximum Gasteiger partial charge on any atom is 0.241 e. The summed E-state index contributed by atoms with van der Waals surface area (Å²) in [7, 11) is 0. The summed E-state index contributed by atoms with van der Waals surface area (Å²) in [5.41, 5.74) is 5.75. The highest BCUT2D eigenvalue weighted by atomic mass is 79.9. The van der Waals surface area contributed by atoms with Gasteiger partial charge in [0.05, 0.1) is 6.20 Å². The van der Waals surface area contributed by atoms with Crippen molar-refractivity contribution in [3.05, 3.63) is 22.6 Å². The lowest BCUT2D eigenvalue weighted by Crippen LogP contribution is -2.04. The molecule has 0 unspecified atom stereocenters. The summed E-state index contributed by atoms with van der Waals surface area (Å²) in [6, 6.07) is 3.51. The molecule has 8 heteroatoms. The molecule has 2 heterocycles. The molecule has 0 aliphatic heterocycles. The minimum absolute atomic E-state index is 0.0939. The fourth-order valence-corrected chi connectivity index (χ4v) is 1.44. The third-order valence-corrected chi connectivity index (χ3v) is 2.12. The van der Waals surface area contributed by atoms with Crippen LogP contribution >= 0.6 is 15.9 Å². The Morgan fingerprint density at radius 1 is 1.53 bits per heavy atom. The second-order valence-corrected chi connectivity index (χ2v) is 3.24. The second kappa shape index (κ2) is 3.62. The first-order valence-corrected chi connectivity index (χ1v) is 4.62. The zero-order chi connectivity index (χ0) is 10.8. The van der Waals surface area contributed by atoms with Crippen molar-refractivity contribution in [1.82, 2.24) is 25.0 Å². The number of nitriles is 1. The molecule has 2 N–H and O–H groups in total. The largest absolute Gasteiger partial charge is 0.366 e. The van der Waals surface area contributed by atoms with Gasteiger partial charge in [-0.05, 0) is 22.0 Å². The summed E-state index contributed by atoms with van der Waals surface area (Å²) < 4.78 is 1.68. The van der Waals surface area contributed by atoms with E-state index in [-0.39, 0.29) is 11.8 Å². The van der Waals surface area contributed by atoms with Gasteiger partial charge in [-0.25, -0.2) is 0 Å². The minimum atomic E-state index is 0.0939. The molecule has 0 aliphatic rings. The molecule has 0 fully saturated rings. The summed E-state index contributed by atoms with van der Waals surface area (Å²) in [4.78, 5) is 3.83. The Labute approximate surface area is 92.7 Å². The Kier molecular flexibility index (Phi) is 2.31. The van der Waals surface area contributed by atoms with Gasteiger partial charge in [0, 0.05) is 0 Å². The number of nitrogens with zero attached hydrogens (tertiary/aromatic N) is 6. The van der Waals surface area contributed by atoms with E-state index >= 15 is 0 Å². The Bertz CT molecular complexity index is 541. The van der Waals surface area contributed by atoms with Crippen molar-refractivity contribution in [3.63, 3.8) is 0 Å². The number of hydrogen-bond donors (Lipinski definition) is 1. The van der Waals surface area contributed by atoms with Crippen molar-refractivity contribution in [1.29, 1.82) is 5.26 Å². The fraction of sp³-hybridized carbons (Fsp3) is 0. The van der Waals surface area contributed by atoms with Crippen LogP contribution < -0.4 is 5.73 Å². The zero-order valence-corrected chi connectivity index (χ0v) is 8.88. The van der Waals surface area contributed by atoms with Crippen LogP contribution in [0.15, 0.2) is 17.0 Å². The smallest absolute Gasteiger partial charge is 0.241 e. The third-order valence-electron chi connectivity index (χ3n) is 1.61. The van der Waals surface area contributed by atoms with Crippen molar-refractivity contribution >= 4 is 21.9 Å². The fourth-order valence-electron chi connectivity index (χ4n) is 1.01. The Balaban J connectivity index is 2.64. The molecule has 0 saturated heterocycles. The van der Waals surface area contributed by atoms with Gasteiger partial charge in [0.15, 0.2) is 5.82 Å². The molecule has 2 rings (SSSR count). The molecule has 0 radical (unpaired) electrons. The Hall–Kier alpha value is -2.01. The van der Waals surface area contributed by atoms with Crippen LogP contribution in [0.4, 0.5) is 5.95 Å². The predicted octanol–water partition coefficient (Wildman–Crippen LogP) is 0.274. The zero-order valence-electron chi connectivity index (χ0n) is 7.29. The molecule has 0 atom stereocenters. The molecule has 0 aliphatic carbocycles. The minimum Gasteiger partial charge on any atom is -0.366 e. The molecule has 7 nitrogen and oxygen atoms in total. The summed E-state index contributed by atoms with van der Waals surface area (Å²) >= 11 is 3.15. The molecule has 0 bridgehead atoms. The number of nitrogens with two attached hydrogens (primary N) is 1. The lowest BCUT2D eigenvalue weighted by atomic mass is 10.3. The average molecular weight is 266 g/mol. The van der Waals surface area contributed by atoms with Crippen molar-refractivity contribution in [2.24, 2.45) is 0 Å². The van der Waals surface area contributed by atoms with Gasteiger partial charge < -0.3 is 5.73 Å². The van der Waals surface area contributed by atoms with Gasteiger partial charge in [0.2, 0.25) is 10.7 Å². The molecule has 0 aromatic carbocycles. The van der Waals surface area contributed by atoms with Crippen LogP contribution in [0, 0.1) is 11.3 Å². The molecular formula is C7H4BrN7. The first kappa shape index (κ1) is 9.54. The van der Waals surface area contributed by atoms with Crippen LogP contribution in [0.25, 0.3) is 5.82 Å². The van der Waals surface area contributed by atoms with Crippen molar-refractivity contribution in [3.8, 4) is 11.9 Å². The van der Waals surface area contributed by atoms with Crippen molar-refractivity contribution in [2.75, 3.05) is 5.73 Å². The van der Waals surface area contributed by atoms with Gasteiger partial charge in [0.1, 0.15) is 11.6 Å². The van der Waals surface area contributed by atoms with Crippen molar-refractivity contribution < 1.29 is 0 Å². The summed E-state index contributed by atoms with van der Waals surface area (Å²) in [6.07, 6.45) is 1.43. The topological polar surface area (TPSA) is 106 Å².